The predicted molar refractivity (Wildman–Crippen MR) is 196 cm³/mol. The van der Waals surface area contributed by atoms with Crippen LogP contribution in [-0.2, 0) is 29.1 Å². The van der Waals surface area contributed by atoms with Crippen molar-refractivity contribution in [3.63, 3.8) is 0 Å². The third kappa shape index (κ3) is 24.8. The molecule has 0 aliphatic heterocycles. The first-order valence-corrected chi connectivity index (χ1v) is 23.9. The quantitative estimate of drug-likeness (QED) is 0.0455. The number of rotatable bonds is 25. The summed E-state index contributed by atoms with van der Waals surface area (Å²) in [5, 5.41) is 0. The zero-order chi connectivity index (χ0) is 53.3. The highest BCUT2D eigenvalue weighted by Crippen LogP contribution is 2.50. The Bertz CT molecular complexity index is 1600. The van der Waals surface area contributed by atoms with E-state index in [1.54, 1.807) is 9.44 Å². The van der Waals surface area contributed by atoms with Crippen molar-refractivity contribution >= 4 is 39.8 Å². The topological polar surface area (TPSA) is 185 Å². The van der Waals surface area contributed by atoms with Crippen molar-refractivity contribution in [3.05, 3.63) is 0 Å². The van der Waals surface area contributed by atoms with Crippen LogP contribution in [0.1, 0.15) is 44.9 Å². The maximum atomic E-state index is 13.5. The average molecular weight is 1110 g/mol. The molecule has 12 nitrogen and oxygen atoms in total. The van der Waals surface area contributed by atoms with Crippen LogP contribution in [0.4, 0.5) is 92.2 Å². The lowest BCUT2D eigenvalue weighted by Crippen LogP contribution is -2.54. The first-order valence-electron chi connectivity index (χ1n) is 18.1. The summed E-state index contributed by atoms with van der Waals surface area (Å²) in [6.07, 6.45) is -43.4. The van der Waals surface area contributed by atoms with Crippen LogP contribution < -0.4 is 20.9 Å². The molecule has 0 bridgehead atoms. The largest absolute Gasteiger partial charge is 0.431 e. The van der Waals surface area contributed by atoms with E-state index in [1.165, 1.54) is 11.9 Å². The number of nitrogens with one attached hydrogen (secondary N) is 2. The molecule has 0 aromatic carbocycles. The van der Waals surface area contributed by atoms with Gasteiger partial charge >= 0.3 is 37.1 Å². The van der Waals surface area contributed by atoms with Crippen molar-refractivity contribution in [2.24, 2.45) is 11.5 Å². The van der Waals surface area contributed by atoms with E-state index in [0.717, 1.165) is 39.0 Å². The van der Waals surface area contributed by atoms with Gasteiger partial charge in [-0.3, -0.25) is 0 Å². The molecular formula is C29H48ClF21N6O6S3. The molecule has 0 aromatic heterocycles. The Morgan fingerprint density at radius 1 is 0.409 bits per heavy atom. The molecule has 37 heteroatoms. The van der Waals surface area contributed by atoms with Crippen molar-refractivity contribution in [3.8, 4) is 0 Å². The van der Waals surface area contributed by atoms with Gasteiger partial charge in [0.15, 0.2) is 0 Å². The molecule has 0 aromatic rings. The summed E-state index contributed by atoms with van der Waals surface area (Å²) in [7, 11) is -6.26. The number of nitrogens with zero attached hydrogens (tertiary/aromatic N) is 2. The Hall–Kier alpha value is -1.57. The molecule has 66 heavy (non-hydrogen) atoms. The summed E-state index contributed by atoms with van der Waals surface area (Å²) in [4.78, 5) is 3.67. The van der Waals surface area contributed by atoms with Crippen LogP contribution in [0, 0.1) is 0 Å². The van der Waals surface area contributed by atoms with E-state index in [4.69, 9.17) is 11.5 Å². The van der Waals surface area contributed by atoms with Crippen molar-refractivity contribution < 1.29 is 117 Å². The van der Waals surface area contributed by atoms with E-state index < -0.39 is 133 Å². The minimum absolute atomic E-state index is 0.00889. The number of nitrogens with two attached hydrogens (primary N) is 2. The Morgan fingerprint density at radius 3 is 0.818 bits per heavy atom. The van der Waals surface area contributed by atoms with Crippen molar-refractivity contribution in [1.29, 1.82) is 0 Å². The van der Waals surface area contributed by atoms with E-state index in [0.29, 0.717) is 0 Å². The van der Waals surface area contributed by atoms with Gasteiger partial charge in [0.05, 0.1) is 17.3 Å². The van der Waals surface area contributed by atoms with E-state index >= 15 is 0 Å². The molecule has 0 radical (unpaired) electrons. The summed E-state index contributed by atoms with van der Waals surface area (Å²) < 4.78 is 331. The minimum Gasteiger partial charge on any atom is -0.330 e. The lowest BCUT2D eigenvalue weighted by molar-refractivity contribution is -0.342. The van der Waals surface area contributed by atoms with E-state index in [-0.39, 0.29) is 25.9 Å². The van der Waals surface area contributed by atoms with Crippen LogP contribution in [0.3, 0.4) is 0 Å². The van der Waals surface area contributed by atoms with Gasteiger partial charge in [-0.1, -0.05) is 0 Å². The molecule has 0 spiro atoms. The molecule has 0 saturated heterocycles. The number of hydrogen-bond acceptors (Lipinski definition) is 10. The summed E-state index contributed by atoms with van der Waals surface area (Å²) >= 11 is 0. The number of alkyl halides is 21. The van der Waals surface area contributed by atoms with E-state index in [9.17, 15) is 117 Å². The molecule has 0 aliphatic rings. The van der Waals surface area contributed by atoms with Gasteiger partial charge < -0.3 is 21.3 Å². The number of hydrogen-bond donors (Lipinski definition) is 4. The van der Waals surface area contributed by atoms with Crippen molar-refractivity contribution in [2.45, 2.75) is 99.0 Å². The Morgan fingerprint density at radius 2 is 0.621 bits per heavy atom. The third-order valence-corrected chi connectivity index (χ3v) is 12.3. The fourth-order valence-corrected chi connectivity index (χ4v) is 7.44. The summed E-state index contributed by atoms with van der Waals surface area (Å²) in [5.74, 6) is -5.45. The SMILES string of the molecule is CN(CCCN)CCCN.CN(CCCNS(=O)(=O)CCC(F)(C(F)(F)F)C(F)(F)F)CCCNS(=O)(=O)CCC(F)(C(F)(F)F)C(F)(F)F.O=S(=O)(Cl)CCC(F)(C(F)(F)F)C(F)(F)F. The molecule has 6 N–H and O–H groups in total. The minimum atomic E-state index is -6.42. The number of sulfonamides is 2. The molecule has 0 atom stereocenters. The Labute approximate surface area is 370 Å². The Balaban J connectivity index is -0.00000124. The van der Waals surface area contributed by atoms with Gasteiger partial charge in [-0.15, -0.1) is 0 Å². The van der Waals surface area contributed by atoms with Gasteiger partial charge in [-0.05, 0) is 79.0 Å². The van der Waals surface area contributed by atoms with Crippen LogP contribution in [0.5, 0.6) is 0 Å². The van der Waals surface area contributed by atoms with Gasteiger partial charge in [0.2, 0.25) is 29.1 Å². The lowest BCUT2D eigenvalue weighted by atomic mass is 10.0. The predicted octanol–water partition coefficient (Wildman–Crippen LogP) is 6.38. The molecular weight excluding hydrogens is 1060 g/mol. The molecule has 402 valence electrons. The third-order valence-electron chi connectivity index (χ3n) is 8.38. The highest BCUT2D eigenvalue weighted by atomic mass is 35.7. The van der Waals surface area contributed by atoms with E-state index in [1.807, 2.05) is 0 Å². The maximum absolute atomic E-state index is 13.5. The second-order valence-corrected chi connectivity index (χ2v) is 20.7. The second-order valence-electron chi connectivity index (χ2n) is 13.9. The highest BCUT2D eigenvalue weighted by molar-refractivity contribution is 8.13. The first kappa shape index (κ1) is 68.7. The molecule has 0 aliphatic carbocycles. The molecule has 0 heterocycles. The zero-order valence-corrected chi connectivity index (χ0v) is 37.5. The summed E-state index contributed by atoms with van der Waals surface area (Å²) in [6, 6.07) is 0. The maximum Gasteiger partial charge on any atom is 0.431 e. The zero-order valence-electron chi connectivity index (χ0n) is 34.3. The lowest BCUT2D eigenvalue weighted by Gasteiger charge is -2.29. The van der Waals surface area contributed by atoms with E-state index in [2.05, 4.69) is 22.6 Å². The molecule has 0 rings (SSSR count). The van der Waals surface area contributed by atoms with Gasteiger partial charge in [0, 0.05) is 43.0 Å². The molecule has 0 amide bonds. The van der Waals surface area contributed by atoms with Crippen LogP contribution in [0.25, 0.3) is 0 Å². The van der Waals surface area contributed by atoms with Gasteiger partial charge in [0.25, 0.3) is 17.0 Å². The first-order chi connectivity index (χ1) is 29.0. The normalized spacial score (nSPS) is 14.5. The Kier molecular flexibility index (Phi) is 27.7. The average Bonchev–Trinajstić information content (AvgIpc) is 3.11. The van der Waals surface area contributed by atoms with Crippen LogP contribution in [0.2, 0.25) is 0 Å². The van der Waals surface area contributed by atoms with Gasteiger partial charge in [-0.2, -0.15) is 79.0 Å². The number of halogens is 22. The van der Waals surface area contributed by atoms with Gasteiger partial charge in [0.1, 0.15) is 0 Å². The van der Waals surface area contributed by atoms with Gasteiger partial charge in [-0.25, -0.2) is 47.9 Å². The monoisotopic (exact) mass is 1110 g/mol. The van der Waals surface area contributed by atoms with Crippen LogP contribution in [0.15, 0.2) is 0 Å². The molecule has 0 fully saturated rings. The summed E-state index contributed by atoms with van der Waals surface area (Å²) in [6.45, 7) is 2.77. The van der Waals surface area contributed by atoms with Crippen molar-refractivity contribution in [1.82, 2.24) is 19.2 Å². The van der Waals surface area contributed by atoms with Crippen LogP contribution >= 0.6 is 10.7 Å². The second kappa shape index (κ2) is 26.6. The highest BCUT2D eigenvalue weighted by Gasteiger charge is 2.74. The summed E-state index contributed by atoms with van der Waals surface area (Å²) in [5.41, 5.74) is -6.37. The fourth-order valence-electron chi connectivity index (χ4n) is 4.39. The molecule has 0 saturated carbocycles. The van der Waals surface area contributed by atoms with Crippen LogP contribution in [-0.4, -0.2) is 173 Å². The standard InChI is InChI=1S/C17H25F14N3O4S2.C7H19N3.C5H4ClF7O2S/c1-34(8-2-6-32-39(35,36)10-4-12(18,14(20,21)22)15(23,24)25)9-3-7-33-40(37,38)11-5-13(19,16(26,27)28)17(29,30)31;1-10(6-2-4-8)7-3-5-9;6-16(14,15)2-1-3(7,4(8,9)10)5(11,12)13/h32-33H,2-11H2,1H3;2-9H2,1H3;1-2H2. The molecule has 0 unspecified atom stereocenters. The van der Waals surface area contributed by atoms with Crippen molar-refractivity contribution in [2.75, 3.05) is 83.7 Å². The fraction of sp³-hybridized carbons (Fsp3) is 1.00. The smallest absolute Gasteiger partial charge is 0.330 e.